The minimum Gasteiger partial charge on any atom is -0.236 e. The van der Waals surface area contributed by atoms with Crippen LogP contribution in [0, 0.1) is 0 Å². The van der Waals surface area contributed by atoms with Gasteiger partial charge >= 0.3 is 0 Å². The molecule has 0 aliphatic rings. The normalized spacial score (nSPS) is 11.5. The monoisotopic (exact) mass is 440 g/mol. The molecule has 0 bridgehead atoms. The fraction of sp³-hybridized carbons (Fsp3) is 0. The van der Waals surface area contributed by atoms with Crippen molar-refractivity contribution in [3.8, 4) is 11.4 Å². The molecule has 0 unspecified atom stereocenters. The summed E-state index contributed by atoms with van der Waals surface area (Å²) in [5, 5.41) is 0. The zero-order valence-corrected chi connectivity index (χ0v) is 15.1. The van der Waals surface area contributed by atoms with Gasteiger partial charge in [0.15, 0.2) is 5.82 Å². The Morgan fingerprint density at radius 2 is 1.73 bits per heavy atom. The molecule has 0 atom stereocenters. The van der Waals surface area contributed by atoms with Gasteiger partial charge in [-0.25, -0.2) is 17.4 Å². The molecule has 0 saturated carbocycles. The third-order valence-electron chi connectivity index (χ3n) is 3.07. The Morgan fingerprint density at radius 1 is 1.00 bits per heavy atom. The van der Waals surface area contributed by atoms with E-state index in [4.69, 9.17) is 0 Å². The van der Waals surface area contributed by atoms with E-state index in [1.807, 2.05) is 30.3 Å². The first kappa shape index (κ1) is 15.5. The number of rotatable bonds is 3. The van der Waals surface area contributed by atoms with Crippen molar-refractivity contribution in [2.24, 2.45) is 0 Å². The molecular weight excluding hydrogens is 432 g/mol. The lowest BCUT2D eigenvalue weighted by Crippen LogP contribution is -2.14. The van der Waals surface area contributed by atoms with Gasteiger partial charge in [-0.15, -0.1) is 0 Å². The smallest absolute Gasteiger partial charge is 0.236 e. The van der Waals surface area contributed by atoms with Gasteiger partial charge in [-0.05, 0) is 34.1 Å². The van der Waals surface area contributed by atoms with Crippen molar-refractivity contribution < 1.29 is 8.42 Å². The van der Waals surface area contributed by atoms with E-state index in [0.717, 1.165) is 5.56 Å². The van der Waals surface area contributed by atoms with E-state index in [1.54, 1.807) is 18.2 Å². The van der Waals surface area contributed by atoms with Crippen LogP contribution in [0.3, 0.4) is 0 Å². The van der Waals surface area contributed by atoms with E-state index >= 15 is 0 Å². The first-order valence-electron chi connectivity index (χ1n) is 6.29. The Kier molecular flexibility index (Phi) is 4.20. The van der Waals surface area contributed by atoms with Crippen LogP contribution in [0.25, 0.3) is 11.4 Å². The minimum absolute atomic E-state index is 0.178. The van der Waals surface area contributed by atoms with Crippen molar-refractivity contribution in [3.05, 3.63) is 69.9 Å². The predicted octanol–water partition coefficient (Wildman–Crippen LogP) is 4.31. The first-order chi connectivity index (χ1) is 10.5. The maximum absolute atomic E-state index is 12.9. The molecule has 0 saturated heterocycles. The highest BCUT2D eigenvalue weighted by Gasteiger charge is 2.23. The van der Waals surface area contributed by atoms with Gasteiger partial charge in [0.1, 0.15) is 4.90 Å². The summed E-state index contributed by atoms with van der Waals surface area (Å²) in [6, 6.07) is 14.2. The van der Waals surface area contributed by atoms with Gasteiger partial charge in [-0.2, -0.15) is 0 Å². The zero-order valence-electron chi connectivity index (χ0n) is 11.1. The summed E-state index contributed by atoms with van der Waals surface area (Å²) in [7, 11) is -3.75. The van der Waals surface area contributed by atoms with Gasteiger partial charge in [0.05, 0.1) is 0 Å². The number of benzene rings is 2. The van der Waals surface area contributed by atoms with E-state index < -0.39 is 10.0 Å². The summed E-state index contributed by atoms with van der Waals surface area (Å²) in [4.78, 5) is 4.36. The molecule has 112 valence electrons. The molecule has 3 rings (SSSR count). The molecule has 0 fully saturated rings. The molecule has 0 aliphatic carbocycles. The van der Waals surface area contributed by atoms with Crippen LogP contribution >= 0.6 is 31.9 Å². The molecule has 7 heteroatoms. The maximum atomic E-state index is 12.9. The highest BCUT2D eigenvalue weighted by molar-refractivity contribution is 9.11. The average Bonchev–Trinajstić information content (AvgIpc) is 3.01. The zero-order chi connectivity index (χ0) is 15.7. The van der Waals surface area contributed by atoms with E-state index in [0.29, 0.717) is 14.8 Å². The summed E-state index contributed by atoms with van der Waals surface area (Å²) in [6.07, 6.45) is 2.93. The Labute approximate surface area is 145 Å². The molecule has 0 amide bonds. The van der Waals surface area contributed by atoms with Crippen LogP contribution in [0.2, 0.25) is 0 Å². The molecule has 22 heavy (non-hydrogen) atoms. The number of hydrogen-bond donors (Lipinski definition) is 0. The Morgan fingerprint density at radius 3 is 2.45 bits per heavy atom. The topological polar surface area (TPSA) is 52.0 Å². The fourth-order valence-electron chi connectivity index (χ4n) is 2.06. The second-order valence-electron chi connectivity index (χ2n) is 4.49. The summed E-state index contributed by atoms with van der Waals surface area (Å²) < 4.78 is 28.3. The van der Waals surface area contributed by atoms with E-state index in [1.165, 1.54) is 16.4 Å². The molecule has 4 nitrogen and oxygen atoms in total. The van der Waals surface area contributed by atoms with Crippen LogP contribution in [-0.2, 0) is 10.0 Å². The third-order valence-corrected chi connectivity index (χ3v) is 6.22. The highest BCUT2D eigenvalue weighted by Crippen LogP contribution is 2.29. The van der Waals surface area contributed by atoms with Crippen LogP contribution in [0.1, 0.15) is 0 Å². The van der Waals surface area contributed by atoms with Crippen molar-refractivity contribution in [1.82, 2.24) is 8.96 Å². The number of halogens is 2. The second kappa shape index (κ2) is 5.98. The Balaban J connectivity index is 2.20. The number of nitrogens with zero attached hydrogens (tertiary/aromatic N) is 2. The lowest BCUT2D eigenvalue weighted by atomic mass is 10.2. The lowest BCUT2D eigenvalue weighted by Gasteiger charge is -2.11. The summed E-state index contributed by atoms with van der Waals surface area (Å²) in [5.74, 6) is 0.382. The molecule has 0 N–H and O–H groups in total. The van der Waals surface area contributed by atoms with Crippen LogP contribution in [0.15, 0.2) is 74.8 Å². The molecule has 0 spiro atoms. The van der Waals surface area contributed by atoms with Crippen LogP contribution < -0.4 is 0 Å². The van der Waals surface area contributed by atoms with Crippen molar-refractivity contribution in [1.29, 1.82) is 0 Å². The first-order valence-corrected chi connectivity index (χ1v) is 9.32. The standard InChI is InChI=1S/C15H10Br2N2O2S/c16-12-6-7-13(17)14(10-12)22(20,21)19-9-8-18-15(19)11-4-2-1-3-5-11/h1-10H. The fourth-order valence-corrected chi connectivity index (χ4v) is 4.83. The molecular formula is C15H10Br2N2O2S. The number of aromatic nitrogens is 2. The largest absolute Gasteiger partial charge is 0.270 e. The van der Waals surface area contributed by atoms with Gasteiger partial charge in [-0.3, -0.25) is 0 Å². The summed E-state index contributed by atoms with van der Waals surface area (Å²) >= 11 is 6.60. The van der Waals surface area contributed by atoms with Gasteiger partial charge in [0.2, 0.25) is 0 Å². The van der Waals surface area contributed by atoms with Gasteiger partial charge in [0.25, 0.3) is 10.0 Å². The number of hydrogen-bond acceptors (Lipinski definition) is 3. The van der Waals surface area contributed by atoms with Gasteiger partial charge < -0.3 is 0 Å². The van der Waals surface area contributed by atoms with E-state index in [9.17, 15) is 8.42 Å². The summed E-state index contributed by atoms with van der Waals surface area (Å²) in [6.45, 7) is 0. The van der Waals surface area contributed by atoms with Crippen LogP contribution in [0.5, 0.6) is 0 Å². The van der Waals surface area contributed by atoms with Crippen molar-refractivity contribution in [3.63, 3.8) is 0 Å². The van der Waals surface area contributed by atoms with Crippen molar-refractivity contribution >= 4 is 41.9 Å². The maximum Gasteiger partial charge on any atom is 0.270 e. The van der Waals surface area contributed by atoms with E-state index in [-0.39, 0.29) is 4.90 Å². The highest BCUT2D eigenvalue weighted by atomic mass is 79.9. The predicted molar refractivity (Wildman–Crippen MR) is 92.1 cm³/mol. The Bertz CT molecular complexity index is 922. The van der Waals surface area contributed by atoms with Crippen LogP contribution in [-0.4, -0.2) is 17.4 Å². The number of imidazole rings is 1. The molecule has 0 aliphatic heterocycles. The quantitative estimate of drug-likeness (QED) is 0.608. The molecule has 1 heterocycles. The average molecular weight is 442 g/mol. The Hall–Kier alpha value is -1.44. The summed E-state index contributed by atoms with van der Waals surface area (Å²) in [5.41, 5.74) is 0.738. The minimum atomic E-state index is -3.75. The van der Waals surface area contributed by atoms with Gasteiger partial charge in [-0.1, -0.05) is 46.3 Å². The van der Waals surface area contributed by atoms with Crippen molar-refractivity contribution in [2.75, 3.05) is 0 Å². The van der Waals surface area contributed by atoms with Crippen molar-refractivity contribution in [2.45, 2.75) is 4.90 Å². The molecule has 2 aromatic carbocycles. The van der Waals surface area contributed by atoms with Crippen LogP contribution in [0.4, 0.5) is 0 Å². The van der Waals surface area contributed by atoms with E-state index in [2.05, 4.69) is 36.8 Å². The second-order valence-corrected chi connectivity index (χ2v) is 8.05. The third kappa shape index (κ3) is 2.76. The molecule has 3 aromatic rings. The molecule has 1 aromatic heterocycles. The SMILES string of the molecule is O=S(=O)(c1cc(Br)ccc1Br)n1ccnc1-c1ccccc1. The van der Waals surface area contributed by atoms with Gasteiger partial charge in [0, 0.05) is 26.9 Å². The lowest BCUT2D eigenvalue weighted by molar-refractivity contribution is 0.587. The molecule has 0 radical (unpaired) electrons.